The number of nitrogens with zero attached hydrogens (tertiary/aromatic N) is 6. The number of morpholine rings is 1. The van der Waals surface area contributed by atoms with Crippen molar-refractivity contribution in [1.29, 1.82) is 0 Å². The Balaban J connectivity index is 1.27. The molecule has 1 aliphatic carbocycles. The van der Waals surface area contributed by atoms with Crippen LogP contribution >= 0.6 is 0 Å². The van der Waals surface area contributed by atoms with Gasteiger partial charge in [-0.2, -0.15) is 19.6 Å². The smallest absolute Gasteiger partial charge is 0.326 e. The lowest BCUT2D eigenvalue weighted by atomic mass is 10.3. The first-order valence-corrected chi connectivity index (χ1v) is 12.2. The number of aromatic nitrogens is 6. The number of H-pyrrole nitrogens is 2. The predicted molar refractivity (Wildman–Crippen MR) is 134 cm³/mol. The quantitative estimate of drug-likeness (QED) is 0.257. The molecule has 0 spiro atoms. The van der Waals surface area contributed by atoms with E-state index in [1.54, 1.807) is 16.8 Å². The average molecular weight is 506 g/mol. The fourth-order valence-corrected chi connectivity index (χ4v) is 4.05. The zero-order chi connectivity index (χ0) is 25.2. The molecule has 0 unspecified atom stereocenters. The minimum absolute atomic E-state index is 0.218. The zero-order valence-corrected chi connectivity index (χ0v) is 20.1. The summed E-state index contributed by atoms with van der Waals surface area (Å²) >= 11 is 0. The van der Waals surface area contributed by atoms with Crippen molar-refractivity contribution in [2.24, 2.45) is 4.99 Å². The van der Waals surface area contributed by atoms with Crippen molar-refractivity contribution in [3.8, 4) is 11.6 Å². The number of rotatable bonds is 8. The molecule has 0 radical (unpaired) electrons. The van der Waals surface area contributed by atoms with E-state index >= 15 is 0 Å². The fraction of sp³-hybridized carbons (Fsp3) is 0.375. The number of hydrogen-bond donors (Lipinski definition) is 4. The van der Waals surface area contributed by atoms with Crippen molar-refractivity contribution in [3.63, 3.8) is 0 Å². The summed E-state index contributed by atoms with van der Waals surface area (Å²) in [5, 5.41) is 18.2. The zero-order valence-electron chi connectivity index (χ0n) is 20.1. The van der Waals surface area contributed by atoms with Crippen molar-refractivity contribution in [2.45, 2.75) is 18.9 Å². The Hall–Kier alpha value is -4.23. The van der Waals surface area contributed by atoms with Crippen molar-refractivity contribution in [2.75, 3.05) is 44.8 Å². The van der Waals surface area contributed by atoms with Gasteiger partial charge in [-0.15, -0.1) is 0 Å². The Morgan fingerprint density at radius 3 is 2.89 bits per heavy atom. The Labute approximate surface area is 210 Å². The minimum Gasteiger partial charge on any atom is -0.493 e. The van der Waals surface area contributed by atoms with Gasteiger partial charge in [0.1, 0.15) is 18.1 Å². The van der Waals surface area contributed by atoms with E-state index in [4.69, 9.17) is 9.47 Å². The largest absolute Gasteiger partial charge is 0.493 e. The lowest BCUT2D eigenvalue weighted by molar-refractivity contribution is 0.0322. The lowest BCUT2D eigenvalue weighted by Gasteiger charge is -2.26. The Morgan fingerprint density at radius 1 is 1.24 bits per heavy atom. The monoisotopic (exact) mass is 505 g/mol. The first-order chi connectivity index (χ1) is 18.1. The number of hydrogen-bond acceptors (Lipinski definition) is 10. The van der Waals surface area contributed by atoms with Crippen LogP contribution < -0.4 is 26.6 Å². The molecule has 1 aliphatic heterocycles. The fourth-order valence-electron chi connectivity index (χ4n) is 4.05. The highest BCUT2D eigenvalue weighted by Gasteiger charge is 2.21. The summed E-state index contributed by atoms with van der Waals surface area (Å²) < 4.78 is 12.9. The van der Waals surface area contributed by atoms with Crippen LogP contribution in [0.2, 0.25) is 0 Å². The van der Waals surface area contributed by atoms with E-state index in [-0.39, 0.29) is 17.6 Å². The van der Waals surface area contributed by atoms with E-state index in [9.17, 15) is 9.90 Å². The predicted octanol–water partition coefficient (Wildman–Crippen LogP) is -0.0883. The number of ether oxygens (including phenoxy) is 2. The van der Waals surface area contributed by atoms with Crippen LogP contribution in [0, 0.1) is 0 Å². The van der Waals surface area contributed by atoms with Crippen LogP contribution in [0.3, 0.4) is 0 Å². The normalized spacial score (nSPS) is 17.5. The molecule has 3 aromatic heterocycles. The van der Waals surface area contributed by atoms with Crippen LogP contribution in [0.4, 0.5) is 11.6 Å². The number of nitrogens with one attached hydrogen (secondary N) is 3. The minimum atomic E-state index is -0.506. The van der Waals surface area contributed by atoms with Gasteiger partial charge in [-0.05, 0) is 31.1 Å². The van der Waals surface area contributed by atoms with Crippen molar-refractivity contribution >= 4 is 23.4 Å². The molecule has 6 rings (SSSR count). The molecule has 1 aromatic carbocycles. The van der Waals surface area contributed by atoms with Gasteiger partial charge in [-0.25, -0.2) is 9.79 Å². The summed E-state index contributed by atoms with van der Waals surface area (Å²) in [6.07, 6.45) is 5.21. The topological polar surface area (TPSA) is 158 Å². The highest BCUT2D eigenvalue weighted by Crippen LogP contribution is 2.23. The van der Waals surface area contributed by atoms with Crippen LogP contribution in [-0.4, -0.2) is 85.1 Å². The SMILES string of the molecule is O=c1[nH]c(O)c(/C=c2\cnn3c(=NC4CC4)nc(Nc4cccc(OCCN5CCOCC5)c4)nc23)[nH]1. The third-order valence-corrected chi connectivity index (χ3v) is 6.13. The van der Waals surface area contributed by atoms with Crippen molar-refractivity contribution in [3.05, 3.63) is 57.5 Å². The van der Waals surface area contributed by atoms with Crippen LogP contribution in [0.25, 0.3) is 11.7 Å². The van der Waals surface area contributed by atoms with Gasteiger partial charge in [0.05, 0.1) is 25.5 Å². The highest BCUT2D eigenvalue weighted by molar-refractivity contribution is 5.60. The first-order valence-electron chi connectivity index (χ1n) is 12.2. The lowest BCUT2D eigenvalue weighted by Crippen LogP contribution is -2.38. The Bertz CT molecular complexity index is 1580. The van der Waals surface area contributed by atoms with Crippen LogP contribution in [-0.2, 0) is 4.74 Å². The maximum atomic E-state index is 11.5. The molecule has 13 heteroatoms. The van der Waals surface area contributed by atoms with E-state index in [0.29, 0.717) is 29.0 Å². The molecule has 1 saturated carbocycles. The molecule has 0 bridgehead atoms. The first kappa shape index (κ1) is 23.2. The third kappa shape index (κ3) is 5.47. The summed E-state index contributed by atoms with van der Waals surface area (Å²) in [6, 6.07) is 7.85. The van der Waals surface area contributed by atoms with Gasteiger partial charge in [0.2, 0.25) is 11.8 Å². The summed E-state index contributed by atoms with van der Waals surface area (Å²) in [5.74, 6) is 0.830. The Morgan fingerprint density at radius 2 is 2.11 bits per heavy atom. The number of imidazole rings is 1. The summed E-state index contributed by atoms with van der Waals surface area (Å²) in [6.45, 7) is 4.80. The number of aromatic amines is 2. The van der Waals surface area contributed by atoms with Crippen LogP contribution in [0.1, 0.15) is 18.5 Å². The van der Waals surface area contributed by atoms with E-state index in [0.717, 1.165) is 57.1 Å². The Kier molecular flexibility index (Phi) is 6.28. The molecule has 1 saturated heterocycles. The second-order valence-electron chi connectivity index (χ2n) is 8.98. The van der Waals surface area contributed by atoms with Gasteiger partial charge in [-0.1, -0.05) is 6.07 Å². The summed E-state index contributed by atoms with van der Waals surface area (Å²) in [5.41, 5.74) is 1.41. The maximum Gasteiger partial charge on any atom is 0.326 e. The van der Waals surface area contributed by atoms with E-state index in [1.165, 1.54) is 0 Å². The highest BCUT2D eigenvalue weighted by atomic mass is 16.5. The molecule has 4 N–H and O–H groups in total. The van der Waals surface area contributed by atoms with Crippen molar-refractivity contribution < 1.29 is 14.6 Å². The molecule has 2 fully saturated rings. The molecule has 37 heavy (non-hydrogen) atoms. The van der Waals surface area contributed by atoms with Gasteiger partial charge in [-0.3, -0.25) is 9.88 Å². The van der Waals surface area contributed by atoms with E-state index in [2.05, 4.69) is 40.2 Å². The van der Waals surface area contributed by atoms with E-state index in [1.807, 2.05) is 24.3 Å². The maximum absolute atomic E-state index is 11.5. The third-order valence-electron chi connectivity index (χ3n) is 6.13. The van der Waals surface area contributed by atoms with Crippen molar-refractivity contribution in [1.82, 2.24) is 34.4 Å². The van der Waals surface area contributed by atoms with Crippen LogP contribution in [0.5, 0.6) is 11.6 Å². The van der Waals surface area contributed by atoms with Crippen LogP contribution in [0.15, 0.2) is 40.2 Å². The van der Waals surface area contributed by atoms with Gasteiger partial charge in [0.25, 0.3) is 5.62 Å². The standard InChI is InChI=1S/C24H27N9O4/c34-21-19(28-24(35)30-21)12-15-14-25-33-20(15)29-22(31-23(33)27-16-4-5-16)26-17-2-1-3-18(13-17)37-11-8-32-6-9-36-10-7-32/h1-3,12-14,16,34H,4-11H2,(H,26,27,31)(H2,28,30,35)/b15-12+. The second-order valence-corrected chi connectivity index (χ2v) is 8.98. The molecule has 4 aromatic rings. The molecule has 0 amide bonds. The number of benzene rings is 1. The number of fused-ring (bicyclic) bond motifs is 1. The van der Waals surface area contributed by atoms with Gasteiger partial charge in [0.15, 0.2) is 5.65 Å². The summed E-state index contributed by atoms with van der Waals surface area (Å²) in [4.78, 5) is 32.6. The number of aromatic hydroxyl groups is 1. The molecule has 192 valence electrons. The molecule has 0 atom stereocenters. The molecular weight excluding hydrogens is 478 g/mol. The molecule has 13 nitrogen and oxygen atoms in total. The van der Waals surface area contributed by atoms with E-state index < -0.39 is 5.69 Å². The van der Waals surface area contributed by atoms with Gasteiger partial charge < -0.3 is 24.9 Å². The molecular formula is C24H27N9O4. The summed E-state index contributed by atoms with van der Waals surface area (Å²) in [7, 11) is 0. The van der Waals surface area contributed by atoms with Gasteiger partial charge in [0, 0.05) is 36.6 Å². The molecule has 2 aliphatic rings. The average Bonchev–Trinajstić information content (AvgIpc) is 3.53. The van der Waals surface area contributed by atoms with Gasteiger partial charge >= 0.3 is 5.69 Å². The number of anilines is 2. The molecule has 4 heterocycles. The second kappa shape index (κ2) is 10.0.